The van der Waals surface area contributed by atoms with E-state index in [1.807, 2.05) is 0 Å². The van der Waals surface area contributed by atoms with Crippen molar-refractivity contribution < 1.29 is 0 Å². The average molecular weight is 226 g/mol. The van der Waals surface area contributed by atoms with E-state index in [1.54, 1.807) is 0 Å². The average Bonchev–Trinajstić information content (AvgIpc) is 2.76. The standard InChI is InChI=1S/C15H18N2/c16-14-7-4-8-15-13(14)9-10-17(15)11-12-5-2-1-3-6-12/h1-3,5-6,9-10,14H,4,7-8,11,16H2. The first kappa shape index (κ1) is 10.6. The first-order valence-electron chi connectivity index (χ1n) is 6.32. The summed E-state index contributed by atoms with van der Waals surface area (Å²) < 4.78 is 2.35. The monoisotopic (exact) mass is 226 g/mol. The second-order valence-corrected chi connectivity index (χ2v) is 4.83. The van der Waals surface area contributed by atoms with Crippen molar-refractivity contribution in [2.24, 2.45) is 5.73 Å². The van der Waals surface area contributed by atoms with Gasteiger partial charge in [0.05, 0.1) is 0 Å². The second-order valence-electron chi connectivity index (χ2n) is 4.83. The first-order chi connectivity index (χ1) is 8.34. The van der Waals surface area contributed by atoms with Crippen molar-refractivity contribution in [3.05, 3.63) is 59.4 Å². The van der Waals surface area contributed by atoms with Crippen LogP contribution < -0.4 is 5.73 Å². The summed E-state index contributed by atoms with van der Waals surface area (Å²) in [5.41, 5.74) is 10.3. The van der Waals surface area contributed by atoms with Gasteiger partial charge in [-0.15, -0.1) is 0 Å². The molecule has 1 unspecified atom stereocenters. The molecule has 0 spiro atoms. The zero-order chi connectivity index (χ0) is 11.7. The minimum atomic E-state index is 0.246. The Morgan fingerprint density at radius 2 is 2.00 bits per heavy atom. The maximum Gasteiger partial charge on any atom is 0.0472 e. The van der Waals surface area contributed by atoms with Gasteiger partial charge in [-0.1, -0.05) is 30.3 Å². The lowest BCUT2D eigenvalue weighted by atomic mass is 9.93. The maximum atomic E-state index is 6.14. The minimum Gasteiger partial charge on any atom is -0.347 e. The lowest BCUT2D eigenvalue weighted by Crippen LogP contribution is -2.18. The van der Waals surface area contributed by atoms with Crippen LogP contribution in [0.15, 0.2) is 42.6 Å². The van der Waals surface area contributed by atoms with E-state index in [1.165, 1.54) is 29.7 Å². The molecule has 0 saturated carbocycles. The molecule has 1 aliphatic carbocycles. The number of benzene rings is 1. The molecule has 2 nitrogen and oxygen atoms in total. The van der Waals surface area contributed by atoms with E-state index in [9.17, 15) is 0 Å². The molecule has 88 valence electrons. The van der Waals surface area contributed by atoms with E-state index in [2.05, 4.69) is 47.2 Å². The Morgan fingerprint density at radius 3 is 2.82 bits per heavy atom. The molecule has 1 atom stereocenters. The van der Waals surface area contributed by atoms with Gasteiger partial charge in [-0.2, -0.15) is 0 Å². The van der Waals surface area contributed by atoms with Crippen LogP contribution in [-0.4, -0.2) is 4.57 Å². The fraction of sp³-hybridized carbons (Fsp3) is 0.333. The molecule has 1 aromatic carbocycles. The van der Waals surface area contributed by atoms with E-state index in [4.69, 9.17) is 5.73 Å². The summed E-state index contributed by atoms with van der Waals surface area (Å²) in [4.78, 5) is 0. The van der Waals surface area contributed by atoms with Gasteiger partial charge in [0.15, 0.2) is 0 Å². The number of fused-ring (bicyclic) bond motifs is 1. The van der Waals surface area contributed by atoms with E-state index in [0.717, 1.165) is 13.0 Å². The van der Waals surface area contributed by atoms with Gasteiger partial charge < -0.3 is 10.3 Å². The Morgan fingerprint density at radius 1 is 1.18 bits per heavy atom. The summed E-state index contributed by atoms with van der Waals surface area (Å²) in [5.74, 6) is 0. The van der Waals surface area contributed by atoms with Gasteiger partial charge >= 0.3 is 0 Å². The molecule has 0 saturated heterocycles. The lowest BCUT2D eigenvalue weighted by Gasteiger charge is -2.21. The molecule has 0 radical (unpaired) electrons. The van der Waals surface area contributed by atoms with Crippen molar-refractivity contribution in [2.45, 2.75) is 31.8 Å². The van der Waals surface area contributed by atoms with Gasteiger partial charge in [-0.3, -0.25) is 0 Å². The topological polar surface area (TPSA) is 30.9 Å². The molecule has 2 N–H and O–H groups in total. The number of hydrogen-bond donors (Lipinski definition) is 1. The van der Waals surface area contributed by atoms with Crippen molar-refractivity contribution in [3.8, 4) is 0 Å². The SMILES string of the molecule is NC1CCCc2c1ccn2Cc1ccccc1. The summed E-state index contributed by atoms with van der Waals surface area (Å²) >= 11 is 0. The Bertz CT molecular complexity index is 499. The minimum absolute atomic E-state index is 0.246. The fourth-order valence-electron chi connectivity index (χ4n) is 2.72. The predicted octanol–water partition coefficient (Wildman–Crippen LogP) is 2.87. The van der Waals surface area contributed by atoms with E-state index >= 15 is 0 Å². The molecule has 0 fully saturated rings. The second kappa shape index (κ2) is 4.38. The Hall–Kier alpha value is -1.54. The van der Waals surface area contributed by atoms with Crippen LogP contribution in [0.4, 0.5) is 0 Å². The number of aromatic nitrogens is 1. The van der Waals surface area contributed by atoms with Crippen LogP contribution in [0.3, 0.4) is 0 Å². The number of rotatable bonds is 2. The number of hydrogen-bond acceptors (Lipinski definition) is 1. The largest absolute Gasteiger partial charge is 0.347 e. The molecule has 17 heavy (non-hydrogen) atoms. The third kappa shape index (κ3) is 2.01. The van der Waals surface area contributed by atoms with Crippen LogP contribution in [0.25, 0.3) is 0 Å². The van der Waals surface area contributed by atoms with Crippen LogP contribution in [0.1, 0.15) is 35.7 Å². The van der Waals surface area contributed by atoms with E-state index in [0.29, 0.717) is 0 Å². The summed E-state index contributed by atoms with van der Waals surface area (Å²) in [5, 5.41) is 0. The van der Waals surface area contributed by atoms with Gasteiger partial charge in [-0.25, -0.2) is 0 Å². The summed E-state index contributed by atoms with van der Waals surface area (Å²) in [6.45, 7) is 0.961. The lowest BCUT2D eigenvalue weighted by molar-refractivity contribution is 0.548. The van der Waals surface area contributed by atoms with Crippen molar-refractivity contribution in [3.63, 3.8) is 0 Å². The zero-order valence-corrected chi connectivity index (χ0v) is 9.97. The van der Waals surface area contributed by atoms with Crippen molar-refractivity contribution in [1.82, 2.24) is 4.57 Å². The summed E-state index contributed by atoms with van der Waals surface area (Å²) in [6, 6.07) is 13.0. The normalized spacial score (nSPS) is 19.0. The smallest absolute Gasteiger partial charge is 0.0472 e. The van der Waals surface area contributed by atoms with Crippen molar-refractivity contribution >= 4 is 0 Å². The number of nitrogens with two attached hydrogens (primary N) is 1. The maximum absolute atomic E-state index is 6.14. The van der Waals surface area contributed by atoms with Gasteiger partial charge in [0.25, 0.3) is 0 Å². The summed E-state index contributed by atoms with van der Waals surface area (Å²) in [7, 11) is 0. The molecule has 3 rings (SSSR count). The van der Waals surface area contributed by atoms with Crippen molar-refractivity contribution in [2.75, 3.05) is 0 Å². The van der Waals surface area contributed by atoms with Crippen LogP contribution in [0, 0.1) is 0 Å². The molecule has 0 amide bonds. The quantitative estimate of drug-likeness (QED) is 0.838. The Kier molecular flexibility index (Phi) is 2.73. The zero-order valence-electron chi connectivity index (χ0n) is 9.97. The van der Waals surface area contributed by atoms with Gasteiger partial charge in [0.1, 0.15) is 0 Å². The molecule has 0 aliphatic heterocycles. The van der Waals surface area contributed by atoms with Crippen molar-refractivity contribution in [1.29, 1.82) is 0 Å². The number of nitrogens with zero attached hydrogens (tertiary/aromatic N) is 1. The molecule has 2 aromatic rings. The Balaban J connectivity index is 1.90. The van der Waals surface area contributed by atoms with Crippen LogP contribution in [-0.2, 0) is 13.0 Å². The third-order valence-electron chi connectivity index (χ3n) is 3.64. The predicted molar refractivity (Wildman–Crippen MR) is 69.8 cm³/mol. The van der Waals surface area contributed by atoms with Gasteiger partial charge in [-0.05, 0) is 36.5 Å². The Labute approximate surface area is 102 Å². The highest BCUT2D eigenvalue weighted by atomic mass is 15.0. The van der Waals surface area contributed by atoms with Crippen LogP contribution in [0.5, 0.6) is 0 Å². The highest BCUT2D eigenvalue weighted by molar-refractivity contribution is 5.29. The molecular weight excluding hydrogens is 208 g/mol. The molecular formula is C15H18N2. The van der Waals surface area contributed by atoms with E-state index < -0.39 is 0 Å². The van der Waals surface area contributed by atoms with E-state index in [-0.39, 0.29) is 6.04 Å². The highest BCUT2D eigenvalue weighted by Crippen LogP contribution is 2.29. The first-order valence-corrected chi connectivity index (χ1v) is 6.32. The molecule has 1 aromatic heterocycles. The third-order valence-corrected chi connectivity index (χ3v) is 3.64. The van der Waals surface area contributed by atoms with Crippen LogP contribution >= 0.6 is 0 Å². The highest BCUT2D eigenvalue weighted by Gasteiger charge is 2.19. The molecule has 1 aliphatic rings. The molecule has 1 heterocycles. The summed E-state index contributed by atoms with van der Waals surface area (Å²) in [6.07, 6.45) is 5.70. The molecule has 0 bridgehead atoms. The molecule has 2 heteroatoms. The van der Waals surface area contributed by atoms with Crippen LogP contribution in [0.2, 0.25) is 0 Å². The van der Waals surface area contributed by atoms with Gasteiger partial charge in [0, 0.05) is 24.5 Å². The fourth-order valence-corrected chi connectivity index (χ4v) is 2.72. The van der Waals surface area contributed by atoms with Gasteiger partial charge in [0.2, 0.25) is 0 Å².